The van der Waals surface area contributed by atoms with Gasteiger partial charge in [-0.3, -0.25) is 4.79 Å². The van der Waals surface area contributed by atoms with E-state index in [1.54, 1.807) is 25.3 Å². The van der Waals surface area contributed by atoms with Gasteiger partial charge in [0.1, 0.15) is 0 Å². The highest BCUT2D eigenvalue weighted by atomic mass is 16.5. The van der Waals surface area contributed by atoms with Crippen molar-refractivity contribution < 1.29 is 9.53 Å². The predicted octanol–water partition coefficient (Wildman–Crippen LogP) is 3.52. The lowest BCUT2D eigenvalue weighted by molar-refractivity contribution is 0.101. The monoisotopic (exact) mass is 294 g/mol. The van der Waals surface area contributed by atoms with Gasteiger partial charge in [0.05, 0.1) is 18.2 Å². The molecule has 1 N–H and O–H groups in total. The smallest absolute Gasteiger partial charge is 0.161 e. The van der Waals surface area contributed by atoms with Crippen molar-refractivity contribution >= 4 is 11.5 Å². The predicted molar refractivity (Wildman–Crippen MR) is 85.6 cm³/mol. The van der Waals surface area contributed by atoms with E-state index in [9.17, 15) is 4.79 Å². The zero-order chi connectivity index (χ0) is 15.9. The van der Waals surface area contributed by atoms with Crippen LogP contribution < -0.4 is 5.32 Å². The van der Waals surface area contributed by atoms with Crippen LogP contribution in [0.2, 0.25) is 0 Å². The minimum absolute atomic E-state index is 0.0277. The zero-order valence-electron chi connectivity index (χ0n) is 12.7. The molecule has 0 saturated heterocycles. The number of hydrogen-bond donors (Lipinski definition) is 1. The number of hydrogen-bond acceptors (Lipinski definition) is 4. The molecule has 0 unspecified atom stereocenters. The lowest BCUT2D eigenvalue weighted by Crippen LogP contribution is -2.06. The van der Waals surface area contributed by atoms with Crippen LogP contribution in [0.3, 0.4) is 0 Å². The van der Waals surface area contributed by atoms with E-state index in [4.69, 9.17) is 10.00 Å². The van der Waals surface area contributed by atoms with Crippen LogP contribution in [0.15, 0.2) is 42.5 Å². The van der Waals surface area contributed by atoms with Crippen LogP contribution in [0.25, 0.3) is 0 Å². The Morgan fingerprint density at radius 3 is 2.68 bits per heavy atom. The van der Waals surface area contributed by atoms with Gasteiger partial charge >= 0.3 is 0 Å². The van der Waals surface area contributed by atoms with E-state index in [2.05, 4.69) is 17.5 Å². The minimum Gasteiger partial charge on any atom is -0.380 e. The van der Waals surface area contributed by atoms with Crippen LogP contribution in [-0.4, -0.2) is 12.9 Å². The zero-order valence-corrected chi connectivity index (χ0v) is 12.7. The topological polar surface area (TPSA) is 62.1 Å². The lowest BCUT2D eigenvalue weighted by Gasteiger charge is -2.11. The van der Waals surface area contributed by atoms with Crippen LogP contribution in [0.5, 0.6) is 0 Å². The molecule has 0 spiro atoms. The van der Waals surface area contributed by atoms with E-state index in [1.807, 2.05) is 18.2 Å². The normalized spacial score (nSPS) is 10.0. The minimum atomic E-state index is -0.0277. The second-order valence-electron chi connectivity index (χ2n) is 5.03. The highest BCUT2D eigenvalue weighted by molar-refractivity contribution is 5.99. The van der Waals surface area contributed by atoms with Crippen LogP contribution in [0, 0.1) is 11.3 Å². The van der Waals surface area contributed by atoms with E-state index in [0.29, 0.717) is 30.0 Å². The van der Waals surface area contributed by atoms with Gasteiger partial charge < -0.3 is 10.1 Å². The highest BCUT2D eigenvalue weighted by Gasteiger charge is 2.08. The molecule has 2 aromatic rings. The number of ether oxygens (including phenoxy) is 1. The lowest BCUT2D eigenvalue weighted by atomic mass is 10.1. The van der Waals surface area contributed by atoms with Gasteiger partial charge in [-0.2, -0.15) is 5.26 Å². The summed E-state index contributed by atoms with van der Waals surface area (Å²) in [7, 11) is 1.66. The summed E-state index contributed by atoms with van der Waals surface area (Å²) < 4.78 is 5.13. The van der Waals surface area contributed by atoms with E-state index in [1.165, 1.54) is 6.92 Å². The first kappa shape index (κ1) is 15.7. The number of ketones is 1. The Balaban J connectivity index is 2.18. The maximum absolute atomic E-state index is 11.7. The van der Waals surface area contributed by atoms with E-state index in [-0.39, 0.29) is 5.78 Å². The fourth-order valence-electron chi connectivity index (χ4n) is 2.26. The van der Waals surface area contributed by atoms with Gasteiger partial charge in [0.2, 0.25) is 0 Å². The number of anilines is 1. The molecule has 4 nitrogen and oxygen atoms in total. The molecule has 2 aromatic carbocycles. The molecular formula is C18H18N2O2. The third kappa shape index (κ3) is 3.94. The number of nitrogens with zero attached hydrogens (tertiary/aromatic N) is 1. The summed E-state index contributed by atoms with van der Waals surface area (Å²) in [5.74, 6) is -0.0277. The fourth-order valence-corrected chi connectivity index (χ4v) is 2.26. The largest absolute Gasteiger partial charge is 0.380 e. The molecule has 0 aliphatic rings. The summed E-state index contributed by atoms with van der Waals surface area (Å²) in [6.07, 6.45) is 0. The van der Waals surface area contributed by atoms with Crippen molar-refractivity contribution in [1.82, 2.24) is 0 Å². The first-order valence-electron chi connectivity index (χ1n) is 6.99. The molecule has 2 rings (SSSR count). The number of methoxy groups -OCH3 is 1. The van der Waals surface area contributed by atoms with E-state index in [0.717, 1.165) is 11.1 Å². The van der Waals surface area contributed by atoms with Crippen molar-refractivity contribution in [3.05, 3.63) is 64.7 Å². The summed E-state index contributed by atoms with van der Waals surface area (Å²) in [6, 6.07) is 15.2. The van der Waals surface area contributed by atoms with Gasteiger partial charge in [-0.1, -0.05) is 24.3 Å². The van der Waals surface area contributed by atoms with Crippen LogP contribution in [-0.2, 0) is 17.9 Å². The molecule has 0 atom stereocenters. The second kappa shape index (κ2) is 7.39. The van der Waals surface area contributed by atoms with Crippen molar-refractivity contribution in [3.63, 3.8) is 0 Å². The van der Waals surface area contributed by atoms with Gasteiger partial charge in [0.25, 0.3) is 0 Å². The summed E-state index contributed by atoms with van der Waals surface area (Å²) in [5.41, 5.74) is 3.99. The molecule has 0 fully saturated rings. The van der Waals surface area contributed by atoms with Gasteiger partial charge in [-0.05, 0) is 36.2 Å². The van der Waals surface area contributed by atoms with Crippen molar-refractivity contribution in [1.29, 1.82) is 5.26 Å². The maximum Gasteiger partial charge on any atom is 0.161 e. The number of carbonyl (C=O) groups is 1. The van der Waals surface area contributed by atoms with Crippen LogP contribution in [0.1, 0.15) is 34.0 Å². The molecule has 0 aromatic heterocycles. The molecule has 0 heterocycles. The van der Waals surface area contributed by atoms with Gasteiger partial charge in [-0.25, -0.2) is 0 Å². The van der Waals surface area contributed by atoms with Crippen molar-refractivity contribution in [2.24, 2.45) is 0 Å². The fraction of sp³-hybridized carbons (Fsp3) is 0.222. The molecule has 0 aliphatic heterocycles. The SMILES string of the molecule is COCc1cccc(CNc2cc(C#N)ccc2C(C)=O)c1. The van der Waals surface area contributed by atoms with Crippen LogP contribution >= 0.6 is 0 Å². The molecule has 4 heteroatoms. The van der Waals surface area contributed by atoms with Gasteiger partial charge in [-0.15, -0.1) is 0 Å². The standard InChI is InChI=1S/C18H18N2O2/c1-13(21)17-7-6-14(10-19)9-18(17)20-11-15-4-3-5-16(8-15)12-22-2/h3-9,20H,11-12H2,1-2H3. The molecule has 0 bridgehead atoms. The summed E-state index contributed by atoms with van der Waals surface area (Å²) in [6.45, 7) is 2.66. The second-order valence-corrected chi connectivity index (χ2v) is 5.03. The Labute approximate surface area is 130 Å². The van der Waals surface area contributed by atoms with Crippen molar-refractivity contribution in [3.8, 4) is 6.07 Å². The molecule has 0 radical (unpaired) electrons. The van der Waals surface area contributed by atoms with Gasteiger partial charge in [0.15, 0.2) is 5.78 Å². The Hall–Kier alpha value is -2.64. The Morgan fingerprint density at radius 1 is 1.23 bits per heavy atom. The summed E-state index contributed by atoms with van der Waals surface area (Å²) in [5, 5.41) is 12.2. The number of rotatable bonds is 6. The number of carbonyl (C=O) groups excluding carboxylic acids is 1. The highest BCUT2D eigenvalue weighted by Crippen LogP contribution is 2.19. The third-order valence-electron chi connectivity index (χ3n) is 3.31. The van der Waals surface area contributed by atoms with E-state index >= 15 is 0 Å². The summed E-state index contributed by atoms with van der Waals surface area (Å²) >= 11 is 0. The molecule has 0 amide bonds. The number of benzene rings is 2. The third-order valence-corrected chi connectivity index (χ3v) is 3.31. The number of Topliss-reactive ketones (excluding diaryl/α,β-unsaturated/α-hetero) is 1. The number of nitriles is 1. The Morgan fingerprint density at radius 2 is 2.00 bits per heavy atom. The first-order chi connectivity index (χ1) is 10.6. The average Bonchev–Trinajstić information content (AvgIpc) is 2.53. The molecular weight excluding hydrogens is 276 g/mol. The van der Waals surface area contributed by atoms with Crippen molar-refractivity contribution in [2.75, 3.05) is 12.4 Å². The molecule has 0 saturated carbocycles. The van der Waals surface area contributed by atoms with E-state index < -0.39 is 0 Å². The molecule has 0 aliphatic carbocycles. The average molecular weight is 294 g/mol. The van der Waals surface area contributed by atoms with Crippen LogP contribution in [0.4, 0.5) is 5.69 Å². The van der Waals surface area contributed by atoms with Gasteiger partial charge in [0, 0.05) is 24.9 Å². The Kier molecular flexibility index (Phi) is 5.29. The first-order valence-corrected chi connectivity index (χ1v) is 6.99. The Bertz CT molecular complexity index is 717. The summed E-state index contributed by atoms with van der Waals surface area (Å²) in [4.78, 5) is 11.7. The quantitative estimate of drug-likeness (QED) is 0.828. The van der Waals surface area contributed by atoms with Crippen molar-refractivity contribution in [2.45, 2.75) is 20.1 Å². The molecule has 112 valence electrons. The maximum atomic E-state index is 11.7. The number of nitrogens with one attached hydrogen (secondary N) is 1. The molecule has 22 heavy (non-hydrogen) atoms.